The Hall–Kier alpha value is -1.00. The predicted octanol–water partition coefficient (Wildman–Crippen LogP) is 2.56. The largest absolute Gasteiger partial charge is 0.351 e. The molecule has 78 valence electrons. The van der Waals surface area contributed by atoms with Crippen molar-refractivity contribution in [3.05, 3.63) is 34.9 Å². The number of benzene rings is 1. The third-order valence-corrected chi connectivity index (χ3v) is 1.98. The van der Waals surface area contributed by atoms with E-state index in [9.17, 15) is 8.78 Å². The average Bonchev–Trinajstić information content (AvgIpc) is 2.19. The van der Waals surface area contributed by atoms with Gasteiger partial charge in [0.2, 0.25) is 0 Å². The molecule has 0 aliphatic heterocycles. The fraction of sp³-hybridized carbons (Fsp3) is 0.400. The van der Waals surface area contributed by atoms with Crippen molar-refractivity contribution < 1.29 is 18.3 Å². The molecule has 14 heavy (non-hydrogen) atoms. The van der Waals surface area contributed by atoms with Crippen LogP contribution < -0.4 is 0 Å². The van der Waals surface area contributed by atoms with Crippen LogP contribution in [0.15, 0.2) is 12.1 Å². The highest BCUT2D eigenvalue weighted by Crippen LogP contribution is 2.25. The maximum Gasteiger partial charge on any atom is 0.188 e. The van der Waals surface area contributed by atoms with Gasteiger partial charge in [0.05, 0.1) is 5.56 Å². The van der Waals surface area contributed by atoms with E-state index in [1.165, 1.54) is 26.4 Å². The molecule has 1 aromatic rings. The van der Waals surface area contributed by atoms with E-state index in [-0.39, 0.29) is 5.56 Å². The van der Waals surface area contributed by atoms with Crippen LogP contribution >= 0.6 is 0 Å². The molecule has 0 heterocycles. The van der Waals surface area contributed by atoms with Gasteiger partial charge >= 0.3 is 0 Å². The molecule has 0 saturated heterocycles. The predicted molar refractivity (Wildman–Crippen MR) is 47.9 cm³/mol. The van der Waals surface area contributed by atoms with E-state index >= 15 is 0 Å². The van der Waals surface area contributed by atoms with Crippen molar-refractivity contribution >= 4 is 0 Å². The summed E-state index contributed by atoms with van der Waals surface area (Å²) in [7, 11) is 2.66. The molecule has 0 atom stereocenters. The van der Waals surface area contributed by atoms with Crippen LogP contribution in [0.3, 0.4) is 0 Å². The summed E-state index contributed by atoms with van der Waals surface area (Å²) in [4.78, 5) is 0. The minimum Gasteiger partial charge on any atom is -0.351 e. The van der Waals surface area contributed by atoms with Gasteiger partial charge in [0.15, 0.2) is 6.29 Å². The molecule has 0 N–H and O–H groups in total. The summed E-state index contributed by atoms with van der Waals surface area (Å²) in [5.74, 6) is -1.29. The second kappa shape index (κ2) is 4.48. The van der Waals surface area contributed by atoms with Crippen LogP contribution in [0.1, 0.15) is 17.4 Å². The van der Waals surface area contributed by atoms with Crippen molar-refractivity contribution in [2.45, 2.75) is 13.2 Å². The third-order valence-electron chi connectivity index (χ3n) is 1.98. The summed E-state index contributed by atoms with van der Waals surface area (Å²) >= 11 is 0. The Labute approximate surface area is 81.4 Å². The van der Waals surface area contributed by atoms with Crippen LogP contribution in [-0.2, 0) is 9.47 Å². The van der Waals surface area contributed by atoms with Gasteiger partial charge in [-0.1, -0.05) is 6.07 Å². The number of ether oxygens (including phenoxy) is 2. The maximum atomic E-state index is 13.5. The minimum atomic E-state index is -1.00. The first-order chi connectivity index (χ1) is 6.61. The molecule has 1 aromatic carbocycles. The van der Waals surface area contributed by atoms with E-state index in [4.69, 9.17) is 9.47 Å². The van der Waals surface area contributed by atoms with Gasteiger partial charge in [0, 0.05) is 14.2 Å². The fourth-order valence-electron chi connectivity index (χ4n) is 1.23. The smallest absolute Gasteiger partial charge is 0.188 e. The summed E-state index contributed by atoms with van der Waals surface area (Å²) < 4.78 is 36.3. The molecule has 0 amide bonds. The second-order valence-corrected chi connectivity index (χ2v) is 2.90. The summed E-state index contributed by atoms with van der Waals surface area (Å²) in [6.07, 6.45) is -1.00. The van der Waals surface area contributed by atoms with Crippen molar-refractivity contribution in [3.63, 3.8) is 0 Å². The highest BCUT2D eigenvalue weighted by molar-refractivity contribution is 5.27. The number of halogens is 2. The first kappa shape index (κ1) is 11.1. The first-order valence-corrected chi connectivity index (χ1v) is 4.12. The van der Waals surface area contributed by atoms with Crippen molar-refractivity contribution in [2.24, 2.45) is 0 Å². The highest BCUT2D eigenvalue weighted by atomic mass is 19.1. The molecule has 0 radical (unpaired) electrons. The summed E-state index contributed by atoms with van der Waals surface area (Å²) in [5, 5.41) is 0. The molecule has 1 rings (SSSR count). The molecule has 4 heteroatoms. The molecule has 0 fully saturated rings. The van der Waals surface area contributed by atoms with Gasteiger partial charge in [0.25, 0.3) is 0 Å². The van der Waals surface area contributed by atoms with Gasteiger partial charge in [-0.05, 0) is 18.6 Å². The van der Waals surface area contributed by atoms with Crippen molar-refractivity contribution in [1.82, 2.24) is 0 Å². The van der Waals surface area contributed by atoms with Crippen molar-refractivity contribution in [2.75, 3.05) is 14.2 Å². The molecule has 0 bridgehead atoms. The maximum absolute atomic E-state index is 13.5. The average molecular weight is 202 g/mol. The topological polar surface area (TPSA) is 18.5 Å². The monoisotopic (exact) mass is 202 g/mol. The zero-order valence-electron chi connectivity index (χ0n) is 8.30. The highest BCUT2D eigenvalue weighted by Gasteiger charge is 2.20. The fourth-order valence-corrected chi connectivity index (χ4v) is 1.23. The summed E-state index contributed by atoms with van der Waals surface area (Å²) in [6, 6.07) is 2.56. The lowest BCUT2D eigenvalue weighted by molar-refractivity contribution is -0.109. The van der Waals surface area contributed by atoms with Gasteiger partial charge in [-0.15, -0.1) is 0 Å². The van der Waals surface area contributed by atoms with Crippen LogP contribution in [0.5, 0.6) is 0 Å². The molecular formula is C10H12F2O2. The van der Waals surface area contributed by atoms with Crippen LogP contribution in [0.25, 0.3) is 0 Å². The quantitative estimate of drug-likeness (QED) is 0.701. The van der Waals surface area contributed by atoms with E-state index in [1.54, 1.807) is 6.92 Å². The molecule has 0 aromatic heterocycles. The zero-order valence-corrected chi connectivity index (χ0v) is 8.30. The van der Waals surface area contributed by atoms with E-state index in [0.717, 1.165) is 0 Å². The van der Waals surface area contributed by atoms with E-state index in [0.29, 0.717) is 5.56 Å². The SMILES string of the molecule is COC(OC)c1c(F)ccc(C)c1F. The molecule has 0 aliphatic rings. The second-order valence-electron chi connectivity index (χ2n) is 2.90. The third kappa shape index (κ3) is 1.91. The van der Waals surface area contributed by atoms with Crippen LogP contribution in [-0.4, -0.2) is 14.2 Å². The number of methoxy groups -OCH3 is 2. The Morgan fingerprint density at radius 3 is 2.21 bits per heavy atom. The Morgan fingerprint density at radius 2 is 1.71 bits per heavy atom. The Balaban J connectivity index is 3.23. The van der Waals surface area contributed by atoms with Gasteiger partial charge in [0.1, 0.15) is 11.6 Å². The van der Waals surface area contributed by atoms with Gasteiger partial charge in [-0.2, -0.15) is 0 Å². The summed E-state index contributed by atoms with van der Waals surface area (Å²) in [5.41, 5.74) is 0.176. The van der Waals surface area contributed by atoms with Crippen molar-refractivity contribution in [3.8, 4) is 0 Å². The molecular weight excluding hydrogens is 190 g/mol. The van der Waals surface area contributed by atoms with Gasteiger partial charge in [-0.3, -0.25) is 0 Å². The van der Waals surface area contributed by atoms with E-state index in [2.05, 4.69) is 0 Å². The molecule has 0 aliphatic carbocycles. The van der Waals surface area contributed by atoms with Gasteiger partial charge in [-0.25, -0.2) is 8.78 Å². The molecule has 0 saturated carbocycles. The zero-order chi connectivity index (χ0) is 10.7. The van der Waals surface area contributed by atoms with E-state index in [1.807, 2.05) is 0 Å². The van der Waals surface area contributed by atoms with Crippen LogP contribution in [0.2, 0.25) is 0 Å². The Morgan fingerprint density at radius 1 is 1.14 bits per heavy atom. The lowest BCUT2D eigenvalue weighted by Gasteiger charge is -2.16. The standard InChI is InChI=1S/C10H12F2O2/c1-6-4-5-7(11)8(9(6)12)10(13-2)14-3/h4-5,10H,1-3H3. The normalized spacial score (nSPS) is 11.0. The number of rotatable bonds is 3. The first-order valence-electron chi connectivity index (χ1n) is 4.12. The lowest BCUT2D eigenvalue weighted by atomic mass is 10.1. The van der Waals surface area contributed by atoms with Crippen LogP contribution in [0.4, 0.5) is 8.78 Å². The number of hydrogen-bond donors (Lipinski definition) is 0. The summed E-state index contributed by atoms with van der Waals surface area (Å²) in [6.45, 7) is 1.56. The molecule has 0 spiro atoms. The number of aryl methyl sites for hydroxylation is 1. The minimum absolute atomic E-state index is 0.185. The Kier molecular flexibility index (Phi) is 3.55. The van der Waals surface area contributed by atoms with Crippen LogP contribution in [0, 0.1) is 18.6 Å². The van der Waals surface area contributed by atoms with E-state index < -0.39 is 17.9 Å². The molecule has 2 nitrogen and oxygen atoms in total. The lowest BCUT2D eigenvalue weighted by Crippen LogP contribution is -2.09. The molecule has 0 unspecified atom stereocenters. The number of hydrogen-bond acceptors (Lipinski definition) is 2. The van der Waals surface area contributed by atoms with Crippen molar-refractivity contribution in [1.29, 1.82) is 0 Å². The Bertz CT molecular complexity index is 322. The van der Waals surface area contributed by atoms with Gasteiger partial charge < -0.3 is 9.47 Å².